The van der Waals surface area contributed by atoms with Crippen molar-refractivity contribution in [1.82, 2.24) is 35.7 Å². The minimum atomic E-state index is 0.0627. The Morgan fingerprint density at radius 2 is 2.18 bits per heavy atom. The highest BCUT2D eigenvalue weighted by atomic mass is 15.5. The van der Waals surface area contributed by atoms with Crippen LogP contribution in [-0.4, -0.2) is 30.4 Å². The van der Waals surface area contributed by atoms with Gasteiger partial charge in [0.05, 0.1) is 11.7 Å². The molecule has 0 aliphatic rings. The van der Waals surface area contributed by atoms with Crippen molar-refractivity contribution in [2.24, 2.45) is 7.05 Å². The number of aromatic nitrogens is 6. The molecule has 1 atom stereocenters. The minimum Gasteiger partial charge on any atom is -0.303 e. The SMILES string of the molecule is Cc1nn(C)c(C)c1CNC(C)c1nn[nH]n1. The fraction of sp³-hybridized carbons (Fsp3) is 0.600. The van der Waals surface area contributed by atoms with E-state index in [2.05, 4.69) is 38.0 Å². The molecule has 0 saturated carbocycles. The van der Waals surface area contributed by atoms with Gasteiger partial charge in [0, 0.05) is 24.8 Å². The lowest BCUT2D eigenvalue weighted by molar-refractivity contribution is 0.544. The van der Waals surface area contributed by atoms with E-state index in [-0.39, 0.29) is 6.04 Å². The van der Waals surface area contributed by atoms with Crippen LogP contribution in [0.1, 0.15) is 35.7 Å². The van der Waals surface area contributed by atoms with Crippen LogP contribution in [0.4, 0.5) is 0 Å². The average Bonchev–Trinajstić information content (AvgIpc) is 2.88. The predicted molar refractivity (Wildman–Crippen MR) is 62.1 cm³/mol. The van der Waals surface area contributed by atoms with Crippen molar-refractivity contribution in [3.8, 4) is 0 Å². The van der Waals surface area contributed by atoms with E-state index in [4.69, 9.17) is 0 Å². The van der Waals surface area contributed by atoms with Gasteiger partial charge in [-0.1, -0.05) is 5.21 Å². The van der Waals surface area contributed by atoms with Crippen LogP contribution in [0.25, 0.3) is 0 Å². The zero-order valence-corrected chi connectivity index (χ0v) is 10.5. The molecule has 17 heavy (non-hydrogen) atoms. The Kier molecular flexibility index (Phi) is 3.19. The summed E-state index contributed by atoms with van der Waals surface area (Å²) in [6.45, 7) is 6.84. The predicted octanol–water partition coefficient (Wildman–Crippen LogP) is 0.401. The first-order valence-corrected chi connectivity index (χ1v) is 5.55. The highest BCUT2D eigenvalue weighted by Gasteiger charge is 2.13. The molecule has 2 aromatic rings. The van der Waals surface area contributed by atoms with E-state index < -0.39 is 0 Å². The van der Waals surface area contributed by atoms with Gasteiger partial charge in [0.25, 0.3) is 0 Å². The molecule has 0 saturated heterocycles. The second-order valence-corrected chi connectivity index (χ2v) is 4.15. The van der Waals surface area contributed by atoms with Crippen molar-refractivity contribution >= 4 is 0 Å². The number of tetrazole rings is 1. The average molecular weight is 235 g/mol. The van der Waals surface area contributed by atoms with Crippen LogP contribution >= 0.6 is 0 Å². The maximum atomic E-state index is 4.38. The Bertz CT molecular complexity index is 485. The largest absolute Gasteiger partial charge is 0.303 e. The summed E-state index contributed by atoms with van der Waals surface area (Å²) < 4.78 is 1.89. The molecular weight excluding hydrogens is 218 g/mol. The van der Waals surface area contributed by atoms with Crippen LogP contribution in [0, 0.1) is 13.8 Å². The molecule has 7 nitrogen and oxygen atoms in total. The molecule has 7 heteroatoms. The number of aromatic amines is 1. The molecule has 0 amide bonds. The van der Waals surface area contributed by atoms with E-state index in [9.17, 15) is 0 Å². The number of aryl methyl sites for hydroxylation is 2. The molecule has 2 N–H and O–H groups in total. The number of hydrogen-bond acceptors (Lipinski definition) is 5. The summed E-state index contributed by atoms with van der Waals surface area (Å²) >= 11 is 0. The van der Waals surface area contributed by atoms with E-state index in [1.165, 1.54) is 11.3 Å². The topological polar surface area (TPSA) is 84.3 Å². The summed E-state index contributed by atoms with van der Waals surface area (Å²) in [5.74, 6) is 0.671. The Labute approximate surface area is 99.6 Å². The molecule has 0 aliphatic carbocycles. The van der Waals surface area contributed by atoms with Gasteiger partial charge in [-0.2, -0.15) is 10.3 Å². The highest BCUT2D eigenvalue weighted by Crippen LogP contribution is 2.13. The molecule has 0 radical (unpaired) electrons. The van der Waals surface area contributed by atoms with Gasteiger partial charge in [0.2, 0.25) is 0 Å². The quantitative estimate of drug-likeness (QED) is 0.801. The molecule has 2 aromatic heterocycles. The van der Waals surface area contributed by atoms with Crippen molar-refractivity contribution in [3.63, 3.8) is 0 Å². The zero-order chi connectivity index (χ0) is 12.4. The summed E-state index contributed by atoms with van der Waals surface area (Å²) in [6.07, 6.45) is 0. The van der Waals surface area contributed by atoms with Crippen LogP contribution in [0.15, 0.2) is 0 Å². The van der Waals surface area contributed by atoms with Crippen molar-refractivity contribution in [1.29, 1.82) is 0 Å². The molecule has 0 spiro atoms. The van der Waals surface area contributed by atoms with E-state index in [1.54, 1.807) is 0 Å². The first kappa shape index (κ1) is 11.7. The second-order valence-electron chi connectivity index (χ2n) is 4.15. The molecule has 0 aromatic carbocycles. The van der Waals surface area contributed by atoms with E-state index in [0.29, 0.717) is 5.82 Å². The molecule has 92 valence electrons. The first-order valence-electron chi connectivity index (χ1n) is 5.55. The van der Waals surface area contributed by atoms with Gasteiger partial charge in [-0.15, -0.1) is 10.2 Å². The van der Waals surface area contributed by atoms with Crippen LogP contribution < -0.4 is 5.32 Å². The number of H-pyrrole nitrogens is 1. The molecule has 0 fully saturated rings. The van der Waals surface area contributed by atoms with Crippen LogP contribution in [0.2, 0.25) is 0 Å². The van der Waals surface area contributed by atoms with E-state index in [0.717, 1.165) is 12.2 Å². The maximum absolute atomic E-state index is 4.38. The third-order valence-electron chi connectivity index (χ3n) is 2.99. The van der Waals surface area contributed by atoms with E-state index >= 15 is 0 Å². The summed E-state index contributed by atoms with van der Waals surface area (Å²) in [7, 11) is 1.95. The summed E-state index contributed by atoms with van der Waals surface area (Å²) in [5.41, 5.74) is 3.45. The molecular formula is C10H17N7. The van der Waals surface area contributed by atoms with Crippen LogP contribution in [0.3, 0.4) is 0 Å². The van der Waals surface area contributed by atoms with Crippen molar-refractivity contribution in [2.45, 2.75) is 33.4 Å². The van der Waals surface area contributed by atoms with Crippen molar-refractivity contribution in [2.75, 3.05) is 0 Å². The Balaban J connectivity index is 2.03. The summed E-state index contributed by atoms with van der Waals surface area (Å²) in [5, 5.41) is 21.6. The Morgan fingerprint density at radius 1 is 1.41 bits per heavy atom. The number of nitrogens with one attached hydrogen (secondary N) is 2. The monoisotopic (exact) mass is 235 g/mol. The normalized spacial score (nSPS) is 12.9. The minimum absolute atomic E-state index is 0.0627. The highest BCUT2D eigenvalue weighted by molar-refractivity contribution is 5.24. The summed E-state index contributed by atoms with van der Waals surface area (Å²) in [4.78, 5) is 0. The van der Waals surface area contributed by atoms with E-state index in [1.807, 2.05) is 25.6 Å². The number of hydrogen-bond donors (Lipinski definition) is 2. The third-order valence-corrected chi connectivity index (χ3v) is 2.99. The fourth-order valence-electron chi connectivity index (χ4n) is 1.77. The molecule has 2 heterocycles. The molecule has 0 aliphatic heterocycles. The lowest BCUT2D eigenvalue weighted by Crippen LogP contribution is -2.20. The van der Waals surface area contributed by atoms with Crippen molar-refractivity contribution in [3.05, 3.63) is 22.8 Å². The van der Waals surface area contributed by atoms with Crippen LogP contribution in [-0.2, 0) is 13.6 Å². The second kappa shape index (κ2) is 4.62. The van der Waals surface area contributed by atoms with Gasteiger partial charge < -0.3 is 5.32 Å². The lowest BCUT2D eigenvalue weighted by atomic mass is 10.2. The number of rotatable bonds is 4. The zero-order valence-electron chi connectivity index (χ0n) is 10.5. The summed E-state index contributed by atoms with van der Waals surface area (Å²) in [6, 6.07) is 0.0627. The van der Waals surface area contributed by atoms with Crippen molar-refractivity contribution < 1.29 is 0 Å². The van der Waals surface area contributed by atoms with Gasteiger partial charge in [-0.25, -0.2) is 0 Å². The van der Waals surface area contributed by atoms with Gasteiger partial charge in [0.1, 0.15) is 0 Å². The smallest absolute Gasteiger partial charge is 0.191 e. The Morgan fingerprint density at radius 3 is 2.71 bits per heavy atom. The van der Waals surface area contributed by atoms with Gasteiger partial charge in [0.15, 0.2) is 5.82 Å². The van der Waals surface area contributed by atoms with Crippen LogP contribution in [0.5, 0.6) is 0 Å². The molecule has 0 bridgehead atoms. The lowest BCUT2D eigenvalue weighted by Gasteiger charge is -2.09. The third kappa shape index (κ3) is 2.33. The maximum Gasteiger partial charge on any atom is 0.191 e. The Hall–Kier alpha value is -1.76. The van der Waals surface area contributed by atoms with Gasteiger partial charge >= 0.3 is 0 Å². The van der Waals surface area contributed by atoms with Gasteiger partial charge in [-0.05, 0) is 20.8 Å². The standard InChI is InChI=1S/C10H17N7/c1-6-9(8(3)17(4)14-6)5-11-7(2)10-12-15-16-13-10/h7,11H,5H2,1-4H3,(H,12,13,15,16). The molecule has 1 unspecified atom stereocenters. The fourth-order valence-corrected chi connectivity index (χ4v) is 1.77. The first-order chi connectivity index (χ1) is 8.09. The van der Waals surface area contributed by atoms with Gasteiger partial charge in [-0.3, -0.25) is 4.68 Å². The molecule has 2 rings (SSSR count). The number of nitrogens with zero attached hydrogens (tertiary/aromatic N) is 5.